The van der Waals surface area contributed by atoms with Crippen LogP contribution in [0.3, 0.4) is 0 Å². The van der Waals surface area contributed by atoms with E-state index < -0.39 is 0 Å². The van der Waals surface area contributed by atoms with Crippen molar-refractivity contribution in [2.45, 2.75) is 44.2 Å². The molecule has 1 aliphatic rings. The van der Waals surface area contributed by atoms with E-state index >= 15 is 0 Å². The Bertz CT molecular complexity index is 780. The van der Waals surface area contributed by atoms with Crippen molar-refractivity contribution in [3.8, 4) is 0 Å². The smallest absolute Gasteiger partial charge is 0.271 e. The van der Waals surface area contributed by atoms with Crippen LogP contribution < -0.4 is 10.9 Å². The molecule has 6 heteroatoms. The Kier molecular flexibility index (Phi) is 6.17. The number of rotatable bonds is 6. The van der Waals surface area contributed by atoms with Crippen LogP contribution in [0, 0.1) is 0 Å². The van der Waals surface area contributed by atoms with Gasteiger partial charge in [-0.1, -0.05) is 30.3 Å². The summed E-state index contributed by atoms with van der Waals surface area (Å²) in [6.07, 6.45) is 4.04. The highest BCUT2D eigenvalue weighted by molar-refractivity contribution is 5.92. The fourth-order valence-corrected chi connectivity index (χ4v) is 3.46. The number of hydrogen-bond donors (Lipinski definition) is 1. The molecule has 138 valence electrons. The van der Waals surface area contributed by atoms with Gasteiger partial charge in [-0.15, -0.1) is 0 Å². The Morgan fingerprint density at radius 2 is 1.88 bits per heavy atom. The van der Waals surface area contributed by atoms with Gasteiger partial charge in [-0.3, -0.25) is 9.59 Å². The van der Waals surface area contributed by atoms with Gasteiger partial charge in [0, 0.05) is 19.2 Å². The minimum Gasteiger partial charge on any atom is -0.383 e. The lowest BCUT2D eigenvalue weighted by molar-refractivity contribution is 0.0917. The Hall–Kier alpha value is -2.47. The first-order valence-corrected chi connectivity index (χ1v) is 9.10. The normalized spacial score (nSPS) is 19.9. The van der Waals surface area contributed by atoms with E-state index in [-0.39, 0.29) is 23.2 Å². The summed E-state index contributed by atoms with van der Waals surface area (Å²) >= 11 is 0. The molecule has 6 nitrogen and oxygen atoms in total. The molecule has 0 radical (unpaired) electrons. The molecular formula is C20H25N3O3. The lowest BCUT2D eigenvalue weighted by Gasteiger charge is -2.29. The third kappa shape index (κ3) is 4.58. The predicted octanol–water partition coefficient (Wildman–Crippen LogP) is 2.35. The molecule has 0 spiro atoms. The van der Waals surface area contributed by atoms with Gasteiger partial charge in [0.15, 0.2) is 0 Å². The molecule has 0 aliphatic heterocycles. The minimum absolute atomic E-state index is 0.156. The number of aromatic nitrogens is 2. The van der Waals surface area contributed by atoms with Crippen LogP contribution in [0.25, 0.3) is 0 Å². The van der Waals surface area contributed by atoms with Crippen LogP contribution in [0.4, 0.5) is 0 Å². The summed E-state index contributed by atoms with van der Waals surface area (Å²) in [5.41, 5.74) is 1.41. The first kappa shape index (κ1) is 18.3. The molecule has 1 aromatic heterocycles. The topological polar surface area (TPSA) is 73.2 Å². The first-order chi connectivity index (χ1) is 12.7. The van der Waals surface area contributed by atoms with E-state index in [0.29, 0.717) is 19.1 Å². The van der Waals surface area contributed by atoms with E-state index in [4.69, 9.17) is 4.74 Å². The lowest BCUT2D eigenvalue weighted by Crippen LogP contribution is -2.38. The van der Waals surface area contributed by atoms with E-state index in [1.165, 1.54) is 22.4 Å². The van der Waals surface area contributed by atoms with Crippen LogP contribution in [-0.2, 0) is 11.3 Å². The zero-order valence-corrected chi connectivity index (χ0v) is 15.1. The average molecular weight is 355 g/mol. The molecule has 1 heterocycles. The fraction of sp³-hybridized carbons (Fsp3) is 0.450. The molecule has 1 N–H and O–H groups in total. The average Bonchev–Trinajstić information content (AvgIpc) is 2.68. The molecule has 2 aromatic rings. The maximum atomic E-state index is 12.5. The molecular weight excluding hydrogens is 330 g/mol. The fourth-order valence-electron chi connectivity index (χ4n) is 3.46. The Morgan fingerprint density at radius 3 is 2.58 bits per heavy atom. The van der Waals surface area contributed by atoms with E-state index in [1.807, 2.05) is 6.07 Å². The third-order valence-electron chi connectivity index (χ3n) is 4.94. The molecule has 1 fully saturated rings. The van der Waals surface area contributed by atoms with Gasteiger partial charge in [0.1, 0.15) is 5.69 Å². The molecule has 1 aromatic carbocycles. The number of nitrogens with one attached hydrogen (secondary N) is 1. The van der Waals surface area contributed by atoms with E-state index in [0.717, 1.165) is 25.7 Å². The zero-order valence-electron chi connectivity index (χ0n) is 15.1. The van der Waals surface area contributed by atoms with Gasteiger partial charge in [0.05, 0.1) is 13.2 Å². The highest BCUT2D eigenvalue weighted by Crippen LogP contribution is 2.32. The van der Waals surface area contributed by atoms with Crippen LogP contribution >= 0.6 is 0 Å². The van der Waals surface area contributed by atoms with Crippen LogP contribution in [0.2, 0.25) is 0 Å². The van der Waals surface area contributed by atoms with Crippen LogP contribution in [-0.4, -0.2) is 35.4 Å². The minimum atomic E-state index is -0.234. The van der Waals surface area contributed by atoms with Gasteiger partial charge in [0.2, 0.25) is 0 Å². The van der Waals surface area contributed by atoms with Crippen molar-refractivity contribution in [3.05, 3.63) is 64.1 Å². The van der Waals surface area contributed by atoms with Crippen molar-refractivity contribution in [1.29, 1.82) is 0 Å². The summed E-state index contributed by atoms with van der Waals surface area (Å²) < 4.78 is 6.24. The largest absolute Gasteiger partial charge is 0.383 e. The van der Waals surface area contributed by atoms with Gasteiger partial charge in [-0.05, 0) is 43.2 Å². The molecule has 3 rings (SSSR count). The molecule has 26 heavy (non-hydrogen) atoms. The van der Waals surface area contributed by atoms with Crippen LogP contribution in [0.1, 0.15) is 47.7 Å². The molecule has 0 bridgehead atoms. The predicted molar refractivity (Wildman–Crippen MR) is 99.3 cm³/mol. The third-order valence-corrected chi connectivity index (χ3v) is 4.94. The number of amides is 1. The molecule has 0 unspecified atom stereocenters. The zero-order chi connectivity index (χ0) is 18.4. The second kappa shape index (κ2) is 8.76. The van der Waals surface area contributed by atoms with Gasteiger partial charge in [0.25, 0.3) is 11.5 Å². The van der Waals surface area contributed by atoms with Gasteiger partial charge in [-0.2, -0.15) is 5.10 Å². The van der Waals surface area contributed by atoms with Gasteiger partial charge in [-0.25, -0.2) is 4.68 Å². The van der Waals surface area contributed by atoms with E-state index in [1.54, 1.807) is 7.11 Å². The second-order valence-electron chi connectivity index (χ2n) is 6.71. The van der Waals surface area contributed by atoms with Crippen molar-refractivity contribution in [1.82, 2.24) is 15.1 Å². The number of methoxy groups -OCH3 is 1. The van der Waals surface area contributed by atoms with Crippen molar-refractivity contribution in [2.75, 3.05) is 13.7 Å². The van der Waals surface area contributed by atoms with Gasteiger partial charge < -0.3 is 10.1 Å². The highest BCUT2D eigenvalue weighted by atomic mass is 16.5. The molecule has 1 amide bonds. The summed E-state index contributed by atoms with van der Waals surface area (Å²) in [7, 11) is 1.56. The van der Waals surface area contributed by atoms with E-state index in [2.05, 4.69) is 34.7 Å². The monoisotopic (exact) mass is 355 g/mol. The second-order valence-corrected chi connectivity index (χ2v) is 6.71. The summed E-state index contributed by atoms with van der Waals surface area (Å²) in [6.45, 7) is 0.708. The SMILES string of the molecule is COCCn1nc(C(=O)NC2CCC(c3ccccc3)CC2)ccc1=O. The summed E-state index contributed by atoms with van der Waals surface area (Å²) in [5.74, 6) is 0.345. The lowest BCUT2D eigenvalue weighted by atomic mass is 9.82. The summed E-state index contributed by atoms with van der Waals surface area (Å²) in [6, 6.07) is 13.6. The highest BCUT2D eigenvalue weighted by Gasteiger charge is 2.24. The van der Waals surface area contributed by atoms with Crippen molar-refractivity contribution in [3.63, 3.8) is 0 Å². The summed E-state index contributed by atoms with van der Waals surface area (Å²) in [4.78, 5) is 24.3. The van der Waals surface area contributed by atoms with E-state index in [9.17, 15) is 9.59 Å². The van der Waals surface area contributed by atoms with Crippen molar-refractivity contribution < 1.29 is 9.53 Å². The number of ether oxygens (including phenoxy) is 1. The number of carbonyl (C=O) groups excluding carboxylic acids is 1. The first-order valence-electron chi connectivity index (χ1n) is 9.10. The van der Waals surface area contributed by atoms with Crippen LogP contribution in [0.15, 0.2) is 47.3 Å². The molecule has 0 saturated heterocycles. The van der Waals surface area contributed by atoms with Crippen LogP contribution in [0.5, 0.6) is 0 Å². The standard InChI is InChI=1S/C20H25N3O3/c1-26-14-13-23-19(24)12-11-18(22-23)20(25)21-17-9-7-16(8-10-17)15-5-3-2-4-6-15/h2-6,11-12,16-17H,7-10,13-14H2,1H3,(H,21,25). The Balaban J connectivity index is 1.57. The Morgan fingerprint density at radius 1 is 1.15 bits per heavy atom. The maximum Gasteiger partial charge on any atom is 0.271 e. The molecule has 1 aliphatic carbocycles. The molecule has 1 saturated carbocycles. The molecule has 0 atom stereocenters. The quantitative estimate of drug-likeness (QED) is 0.863. The maximum absolute atomic E-state index is 12.5. The number of nitrogens with zero attached hydrogens (tertiary/aromatic N) is 2. The van der Waals surface area contributed by atoms with Gasteiger partial charge >= 0.3 is 0 Å². The number of carbonyl (C=O) groups is 1. The number of benzene rings is 1. The van der Waals surface area contributed by atoms with Crippen molar-refractivity contribution in [2.24, 2.45) is 0 Å². The van der Waals surface area contributed by atoms with Crippen molar-refractivity contribution >= 4 is 5.91 Å². The Labute approximate surface area is 153 Å². The number of hydrogen-bond acceptors (Lipinski definition) is 4. The summed E-state index contributed by atoms with van der Waals surface area (Å²) in [5, 5.41) is 7.21.